The van der Waals surface area contributed by atoms with Crippen molar-refractivity contribution in [3.8, 4) is 0 Å². The molecule has 3 N–H and O–H groups in total. The molecule has 0 spiro atoms. The summed E-state index contributed by atoms with van der Waals surface area (Å²) >= 11 is 0. The Kier molecular flexibility index (Phi) is 62.2. The summed E-state index contributed by atoms with van der Waals surface area (Å²) in [6.45, 7) is 4.83. The molecule has 0 saturated heterocycles. The van der Waals surface area contributed by atoms with Crippen LogP contribution in [0.4, 0.5) is 0 Å². The standard InChI is InChI=1S/C72H141N2O6P/c1-6-8-10-12-14-16-18-20-22-24-26-27-28-29-30-31-32-33-34-35-36-37-38-39-40-41-42-43-44-45-46-47-48-50-52-54-56-58-60-62-64-66-72(76)73-70(69-80-81(77,78)79-68-67-74(3,4)5)71(75)65-63-61-59-57-55-53-51-49-25-23-21-19-17-15-13-11-9-7-2/h25,49,55,57,63,65,70-71,75H,6-24,26-48,50-54,56,58-62,64,66-69H2,1-5H3,(H-,73,76,77,78)/p+1/b49-25+,57-55+,65-63+. The number of hydrogen-bond donors (Lipinski definition) is 3. The SMILES string of the molecule is CCCCCCCCCC/C=C/CC/C=C/CC/C=C/C(O)C(COP(=O)(O)OCC[N+](C)(C)C)NC(=O)CCCCCCCCCCCCCCCCCCCCCCCCCCCCCCCCCCCCCCCCCCC. The number of nitrogens with one attached hydrogen (secondary N) is 1. The summed E-state index contributed by atoms with van der Waals surface area (Å²) in [5, 5.41) is 13.9. The van der Waals surface area contributed by atoms with Crippen molar-refractivity contribution in [1.29, 1.82) is 0 Å². The number of hydrogen-bond acceptors (Lipinski definition) is 5. The highest BCUT2D eigenvalue weighted by molar-refractivity contribution is 7.47. The van der Waals surface area contributed by atoms with E-state index in [0.717, 1.165) is 44.9 Å². The average molecular weight is 1160 g/mol. The number of aliphatic hydroxyl groups is 1. The summed E-state index contributed by atoms with van der Waals surface area (Å²) in [6, 6.07) is -0.869. The van der Waals surface area contributed by atoms with Gasteiger partial charge in [0.05, 0.1) is 39.9 Å². The van der Waals surface area contributed by atoms with Crippen molar-refractivity contribution < 1.29 is 32.9 Å². The van der Waals surface area contributed by atoms with Crippen LogP contribution in [-0.4, -0.2) is 73.4 Å². The van der Waals surface area contributed by atoms with Crippen molar-refractivity contribution in [2.45, 2.75) is 379 Å². The molecule has 1 amide bonds. The van der Waals surface area contributed by atoms with Crippen molar-refractivity contribution in [3.05, 3.63) is 36.5 Å². The quantitative estimate of drug-likeness (QED) is 0.0243. The fourth-order valence-electron chi connectivity index (χ4n) is 11.0. The van der Waals surface area contributed by atoms with E-state index in [-0.39, 0.29) is 19.1 Å². The van der Waals surface area contributed by atoms with E-state index < -0.39 is 20.0 Å². The lowest BCUT2D eigenvalue weighted by molar-refractivity contribution is -0.870. The molecule has 0 rings (SSSR count). The predicted octanol–water partition coefficient (Wildman–Crippen LogP) is 22.8. The van der Waals surface area contributed by atoms with Crippen LogP contribution >= 0.6 is 7.82 Å². The number of quaternary nitrogens is 1. The zero-order valence-corrected chi connectivity index (χ0v) is 55.9. The summed E-state index contributed by atoms with van der Waals surface area (Å²) in [4.78, 5) is 23.4. The molecule has 0 bridgehead atoms. The van der Waals surface area contributed by atoms with Crippen LogP contribution in [0.5, 0.6) is 0 Å². The van der Waals surface area contributed by atoms with Crippen LogP contribution in [0.3, 0.4) is 0 Å². The minimum atomic E-state index is -4.36. The van der Waals surface area contributed by atoms with Gasteiger partial charge in [-0.25, -0.2) is 4.57 Å². The molecule has 0 saturated carbocycles. The van der Waals surface area contributed by atoms with Crippen LogP contribution in [0.25, 0.3) is 0 Å². The zero-order valence-electron chi connectivity index (χ0n) is 55.1. The van der Waals surface area contributed by atoms with E-state index in [2.05, 4.69) is 43.5 Å². The number of nitrogens with zero attached hydrogens (tertiary/aromatic N) is 1. The van der Waals surface area contributed by atoms with Crippen LogP contribution in [0.15, 0.2) is 36.5 Å². The second-order valence-corrected chi connectivity index (χ2v) is 27.4. The van der Waals surface area contributed by atoms with E-state index in [1.165, 1.54) is 302 Å². The number of carbonyl (C=O) groups is 1. The molecule has 3 unspecified atom stereocenters. The molecule has 0 aromatic heterocycles. The van der Waals surface area contributed by atoms with Crippen molar-refractivity contribution in [1.82, 2.24) is 5.32 Å². The second kappa shape index (κ2) is 63.2. The van der Waals surface area contributed by atoms with Gasteiger partial charge in [0.1, 0.15) is 13.2 Å². The van der Waals surface area contributed by atoms with Crippen molar-refractivity contribution in [2.24, 2.45) is 0 Å². The van der Waals surface area contributed by atoms with Gasteiger partial charge in [0.25, 0.3) is 0 Å². The van der Waals surface area contributed by atoms with Crippen molar-refractivity contribution in [3.63, 3.8) is 0 Å². The summed E-state index contributed by atoms with van der Waals surface area (Å²) in [7, 11) is 1.56. The topological polar surface area (TPSA) is 105 Å². The Morgan fingerprint density at radius 2 is 0.679 bits per heavy atom. The van der Waals surface area contributed by atoms with Crippen molar-refractivity contribution in [2.75, 3.05) is 40.9 Å². The highest BCUT2D eigenvalue weighted by Gasteiger charge is 2.28. The molecule has 0 aliphatic heterocycles. The molecule has 0 heterocycles. The van der Waals surface area contributed by atoms with E-state index in [1.807, 2.05) is 27.2 Å². The Bertz CT molecular complexity index is 1410. The third-order valence-electron chi connectivity index (χ3n) is 16.6. The van der Waals surface area contributed by atoms with E-state index in [1.54, 1.807) is 6.08 Å². The van der Waals surface area contributed by atoms with Crippen LogP contribution in [0, 0.1) is 0 Å². The molecule has 0 aromatic carbocycles. The first-order valence-corrected chi connectivity index (χ1v) is 37.4. The van der Waals surface area contributed by atoms with Crippen LogP contribution in [-0.2, 0) is 18.4 Å². The normalized spacial score (nSPS) is 13.8. The van der Waals surface area contributed by atoms with Gasteiger partial charge in [0.15, 0.2) is 0 Å². The van der Waals surface area contributed by atoms with Gasteiger partial charge in [-0.2, -0.15) is 0 Å². The maximum Gasteiger partial charge on any atom is 0.472 e. The largest absolute Gasteiger partial charge is 0.472 e. The first kappa shape index (κ1) is 79.7. The Hall–Kier alpha value is -1.28. The van der Waals surface area contributed by atoms with E-state index in [4.69, 9.17) is 9.05 Å². The first-order valence-electron chi connectivity index (χ1n) is 35.9. The average Bonchev–Trinajstić information content (AvgIpc) is 3.43. The number of likely N-dealkylation sites (N-methyl/N-ethyl adjacent to an activating group) is 1. The summed E-state index contributed by atoms with van der Waals surface area (Å²) < 4.78 is 23.7. The lowest BCUT2D eigenvalue weighted by Gasteiger charge is -2.25. The van der Waals surface area contributed by atoms with Crippen LogP contribution in [0.2, 0.25) is 0 Å². The highest BCUT2D eigenvalue weighted by Crippen LogP contribution is 2.43. The Balaban J connectivity index is 3.89. The van der Waals surface area contributed by atoms with Gasteiger partial charge in [-0.15, -0.1) is 0 Å². The Morgan fingerprint density at radius 3 is 0.988 bits per heavy atom. The zero-order chi connectivity index (χ0) is 59.1. The molecule has 8 nitrogen and oxygen atoms in total. The van der Waals surface area contributed by atoms with Gasteiger partial charge in [-0.1, -0.05) is 352 Å². The monoisotopic (exact) mass is 1160 g/mol. The molecular weight excluding hydrogens is 1020 g/mol. The number of allylic oxidation sites excluding steroid dienone is 5. The molecule has 3 atom stereocenters. The van der Waals surface area contributed by atoms with Gasteiger partial charge in [-0.3, -0.25) is 13.8 Å². The number of amides is 1. The first-order chi connectivity index (χ1) is 39.5. The van der Waals surface area contributed by atoms with Gasteiger partial charge in [0.2, 0.25) is 5.91 Å². The molecule has 480 valence electrons. The highest BCUT2D eigenvalue weighted by atomic mass is 31.2. The second-order valence-electron chi connectivity index (χ2n) is 26.0. The Labute approximate surface area is 506 Å². The lowest BCUT2D eigenvalue weighted by atomic mass is 10.0. The number of carbonyl (C=O) groups excluding carboxylic acids is 1. The van der Waals surface area contributed by atoms with Crippen molar-refractivity contribution >= 4 is 13.7 Å². The van der Waals surface area contributed by atoms with Gasteiger partial charge in [-0.05, 0) is 44.9 Å². The Morgan fingerprint density at radius 1 is 0.407 bits per heavy atom. The van der Waals surface area contributed by atoms with Gasteiger partial charge >= 0.3 is 7.82 Å². The molecule has 0 aliphatic rings. The summed E-state index contributed by atoms with van der Waals surface area (Å²) in [5.41, 5.74) is 0. The third-order valence-corrected chi connectivity index (χ3v) is 17.6. The molecule has 0 aliphatic carbocycles. The minimum absolute atomic E-state index is 0.0552. The fourth-order valence-corrected chi connectivity index (χ4v) is 11.8. The van der Waals surface area contributed by atoms with Crippen LogP contribution in [0.1, 0.15) is 367 Å². The minimum Gasteiger partial charge on any atom is -0.387 e. The smallest absolute Gasteiger partial charge is 0.387 e. The molecule has 0 radical (unpaired) electrons. The maximum absolute atomic E-state index is 13.0. The van der Waals surface area contributed by atoms with Gasteiger partial charge < -0.3 is 19.8 Å². The number of aliphatic hydroxyl groups excluding tert-OH is 1. The van der Waals surface area contributed by atoms with E-state index in [9.17, 15) is 19.4 Å². The number of unbranched alkanes of at least 4 members (excludes halogenated alkanes) is 50. The predicted molar refractivity (Wildman–Crippen MR) is 355 cm³/mol. The number of phosphoric ester groups is 1. The molecular formula is C72H142N2O6P+. The third kappa shape index (κ3) is 66.1. The van der Waals surface area contributed by atoms with E-state index >= 15 is 0 Å². The lowest BCUT2D eigenvalue weighted by Crippen LogP contribution is -2.45. The van der Waals surface area contributed by atoms with E-state index in [0.29, 0.717) is 17.4 Å². The maximum atomic E-state index is 13.0. The number of rotatable bonds is 67. The van der Waals surface area contributed by atoms with Gasteiger partial charge in [0, 0.05) is 6.42 Å². The summed E-state index contributed by atoms with van der Waals surface area (Å²) in [5.74, 6) is -0.184. The molecule has 0 fully saturated rings. The number of phosphoric acid groups is 1. The summed E-state index contributed by atoms with van der Waals surface area (Å²) in [6.07, 6.45) is 84.7. The molecule has 81 heavy (non-hydrogen) atoms. The van der Waals surface area contributed by atoms with Crippen LogP contribution < -0.4 is 5.32 Å². The fraction of sp³-hybridized carbons (Fsp3) is 0.903. The molecule has 0 aromatic rings. The molecule has 9 heteroatoms.